The number of carbonyl (C=O) groups excluding carboxylic acids is 2. The van der Waals surface area contributed by atoms with Crippen molar-refractivity contribution in [2.24, 2.45) is 5.73 Å². The molecule has 0 aliphatic carbocycles. The molecule has 1 aromatic carbocycles. The minimum absolute atomic E-state index is 0.0121. The fourth-order valence-electron chi connectivity index (χ4n) is 3.26. The highest BCUT2D eigenvalue weighted by Crippen LogP contribution is 2.31. The second kappa shape index (κ2) is 11.3. The van der Waals surface area contributed by atoms with Gasteiger partial charge in [0.25, 0.3) is 0 Å². The summed E-state index contributed by atoms with van der Waals surface area (Å²) in [6.07, 6.45) is 2.63. The molecular formula is C19H30N4O6S. The van der Waals surface area contributed by atoms with Gasteiger partial charge in [-0.3, -0.25) is 14.5 Å². The average Bonchev–Trinajstić information content (AvgIpc) is 2.72. The number of nitrogens with one attached hydrogen (secondary N) is 1. The summed E-state index contributed by atoms with van der Waals surface area (Å²) in [6, 6.07) is 4.48. The minimum atomic E-state index is -3.75. The van der Waals surface area contributed by atoms with Gasteiger partial charge in [0.05, 0.1) is 26.8 Å². The first-order valence-corrected chi connectivity index (χ1v) is 11.2. The van der Waals surface area contributed by atoms with E-state index in [0.29, 0.717) is 31.9 Å². The van der Waals surface area contributed by atoms with Gasteiger partial charge < -0.3 is 20.5 Å². The lowest BCUT2D eigenvalue weighted by Gasteiger charge is -2.26. The Morgan fingerprint density at radius 1 is 1.17 bits per heavy atom. The molecular weight excluding hydrogens is 412 g/mol. The van der Waals surface area contributed by atoms with Crippen molar-refractivity contribution in [3.05, 3.63) is 18.2 Å². The van der Waals surface area contributed by atoms with E-state index >= 15 is 0 Å². The van der Waals surface area contributed by atoms with Crippen LogP contribution in [-0.2, 0) is 24.3 Å². The molecule has 0 bridgehead atoms. The zero-order valence-electron chi connectivity index (χ0n) is 17.4. The van der Waals surface area contributed by atoms with E-state index in [4.69, 9.17) is 15.2 Å². The Labute approximate surface area is 177 Å². The number of nitrogens with two attached hydrogens (primary N) is 1. The van der Waals surface area contributed by atoms with Gasteiger partial charge in [-0.2, -0.15) is 4.31 Å². The lowest BCUT2D eigenvalue weighted by molar-refractivity contribution is -0.121. The molecule has 0 radical (unpaired) electrons. The zero-order chi connectivity index (χ0) is 22.1. The second-order valence-electron chi connectivity index (χ2n) is 7.05. The molecule has 1 heterocycles. The number of hydrogen-bond donors (Lipinski definition) is 2. The third-order valence-electron chi connectivity index (χ3n) is 4.74. The molecule has 1 aliphatic heterocycles. The topological polar surface area (TPSA) is 131 Å². The minimum Gasteiger partial charge on any atom is -0.495 e. The number of primary amides is 1. The molecule has 2 rings (SSSR count). The summed E-state index contributed by atoms with van der Waals surface area (Å²) in [5.74, 6) is -0.744. The summed E-state index contributed by atoms with van der Waals surface area (Å²) in [4.78, 5) is 25.2. The van der Waals surface area contributed by atoms with Crippen LogP contribution < -0.4 is 15.8 Å². The van der Waals surface area contributed by atoms with Gasteiger partial charge in [-0.05, 0) is 31.0 Å². The van der Waals surface area contributed by atoms with Crippen LogP contribution in [0.3, 0.4) is 0 Å². The Kier molecular flexibility index (Phi) is 9.03. The highest BCUT2D eigenvalue weighted by atomic mass is 32.2. The van der Waals surface area contributed by atoms with E-state index < -0.39 is 21.8 Å². The molecule has 0 saturated carbocycles. The maximum absolute atomic E-state index is 13.1. The zero-order valence-corrected chi connectivity index (χ0v) is 18.2. The number of nitrogens with zero attached hydrogens (tertiary/aromatic N) is 2. The van der Waals surface area contributed by atoms with Crippen molar-refractivity contribution < 1.29 is 27.5 Å². The number of anilines is 1. The Morgan fingerprint density at radius 3 is 2.47 bits per heavy atom. The molecule has 3 N–H and O–H groups in total. The Hall–Kier alpha value is -2.21. The maximum atomic E-state index is 13.1. The van der Waals surface area contributed by atoms with Crippen LogP contribution in [0.15, 0.2) is 23.1 Å². The average molecular weight is 443 g/mol. The predicted molar refractivity (Wildman–Crippen MR) is 112 cm³/mol. The van der Waals surface area contributed by atoms with Crippen LogP contribution >= 0.6 is 0 Å². The van der Waals surface area contributed by atoms with E-state index in [1.165, 1.54) is 30.7 Å². The van der Waals surface area contributed by atoms with Gasteiger partial charge in [-0.15, -0.1) is 0 Å². The van der Waals surface area contributed by atoms with Crippen LogP contribution in [0.4, 0.5) is 5.69 Å². The first-order valence-electron chi connectivity index (χ1n) is 9.75. The number of piperidine rings is 1. The van der Waals surface area contributed by atoms with Gasteiger partial charge in [-0.25, -0.2) is 8.42 Å². The van der Waals surface area contributed by atoms with Crippen molar-refractivity contribution in [3.63, 3.8) is 0 Å². The van der Waals surface area contributed by atoms with Crippen molar-refractivity contribution in [2.45, 2.75) is 24.2 Å². The molecule has 0 atom stereocenters. The normalized spacial score (nSPS) is 15.2. The van der Waals surface area contributed by atoms with Crippen molar-refractivity contribution in [2.75, 3.05) is 58.9 Å². The van der Waals surface area contributed by atoms with Gasteiger partial charge in [0.15, 0.2) is 0 Å². The number of hydrogen-bond acceptors (Lipinski definition) is 7. The quantitative estimate of drug-likeness (QED) is 0.502. The SMILES string of the molecule is COCCN(CC(N)=O)CC(=O)Nc1ccc(OC)c(S(=O)(=O)N2CCCCC2)c1. The van der Waals surface area contributed by atoms with Crippen LogP contribution in [0.1, 0.15) is 19.3 Å². The number of methoxy groups -OCH3 is 2. The second-order valence-corrected chi connectivity index (χ2v) is 8.95. The number of sulfonamides is 1. The first kappa shape index (κ1) is 24.1. The molecule has 1 aliphatic rings. The molecule has 1 aromatic rings. The monoisotopic (exact) mass is 442 g/mol. The molecule has 1 saturated heterocycles. The Balaban J connectivity index is 2.17. The van der Waals surface area contributed by atoms with Gasteiger partial charge >= 0.3 is 0 Å². The Bertz CT molecular complexity index is 839. The lowest BCUT2D eigenvalue weighted by Crippen LogP contribution is -2.40. The largest absolute Gasteiger partial charge is 0.495 e. The van der Waals surface area contributed by atoms with Gasteiger partial charge in [0.2, 0.25) is 21.8 Å². The number of benzene rings is 1. The number of amides is 2. The standard InChI is InChI=1S/C19H30N4O6S/c1-28-11-10-22(13-18(20)24)14-19(25)21-15-6-7-16(29-2)17(12-15)30(26,27)23-8-4-3-5-9-23/h6-7,12H,3-5,8-11,13-14H2,1-2H3,(H2,20,24)(H,21,25). The first-order chi connectivity index (χ1) is 14.3. The maximum Gasteiger partial charge on any atom is 0.246 e. The summed E-state index contributed by atoms with van der Waals surface area (Å²) >= 11 is 0. The van der Waals surface area contributed by atoms with Crippen molar-refractivity contribution in [3.8, 4) is 5.75 Å². The summed E-state index contributed by atoms with van der Waals surface area (Å²) < 4.78 is 37.8. The summed E-state index contributed by atoms with van der Waals surface area (Å²) in [5.41, 5.74) is 5.55. The van der Waals surface area contributed by atoms with E-state index in [9.17, 15) is 18.0 Å². The Morgan fingerprint density at radius 2 is 1.87 bits per heavy atom. The van der Waals surface area contributed by atoms with Crippen LogP contribution in [0.5, 0.6) is 5.75 Å². The molecule has 30 heavy (non-hydrogen) atoms. The summed E-state index contributed by atoms with van der Waals surface area (Å²) in [7, 11) is -0.824. The van der Waals surface area contributed by atoms with Crippen LogP contribution in [0.25, 0.3) is 0 Å². The molecule has 0 aromatic heterocycles. The van der Waals surface area contributed by atoms with Gasteiger partial charge in [0.1, 0.15) is 10.6 Å². The van der Waals surface area contributed by atoms with Crippen LogP contribution in [-0.4, -0.2) is 83.0 Å². The molecule has 2 amide bonds. The number of carbonyl (C=O) groups is 2. The molecule has 11 heteroatoms. The fraction of sp³-hybridized carbons (Fsp3) is 0.579. The van der Waals surface area contributed by atoms with E-state index in [-0.39, 0.29) is 23.7 Å². The smallest absolute Gasteiger partial charge is 0.246 e. The van der Waals surface area contributed by atoms with Crippen LogP contribution in [0.2, 0.25) is 0 Å². The fourth-order valence-corrected chi connectivity index (χ4v) is 4.96. The molecule has 0 unspecified atom stereocenters. The third-order valence-corrected chi connectivity index (χ3v) is 6.66. The van der Waals surface area contributed by atoms with Crippen molar-refractivity contribution in [1.82, 2.24) is 9.21 Å². The molecule has 0 spiro atoms. The highest BCUT2D eigenvalue weighted by molar-refractivity contribution is 7.89. The third kappa shape index (κ3) is 6.66. The summed E-state index contributed by atoms with van der Waals surface area (Å²) in [5, 5.41) is 2.68. The number of rotatable bonds is 11. The molecule has 1 fully saturated rings. The van der Waals surface area contributed by atoms with Crippen molar-refractivity contribution in [1.29, 1.82) is 0 Å². The van der Waals surface area contributed by atoms with E-state index in [0.717, 1.165) is 19.3 Å². The van der Waals surface area contributed by atoms with E-state index in [1.807, 2.05) is 0 Å². The van der Waals surface area contributed by atoms with Crippen molar-refractivity contribution >= 4 is 27.5 Å². The van der Waals surface area contributed by atoms with E-state index in [1.54, 1.807) is 11.0 Å². The van der Waals surface area contributed by atoms with Gasteiger partial charge in [0, 0.05) is 32.4 Å². The molecule has 168 valence electrons. The summed E-state index contributed by atoms with van der Waals surface area (Å²) in [6.45, 7) is 1.43. The lowest BCUT2D eigenvalue weighted by atomic mass is 10.2. The predicted octanol–water partition coefficient (Wildman–Crippen LogP) is 0.242. The van der Waals surface area contributed by atoms with Crippen LogP contribution in [0, 0.1) is 0 Å². The highest BCUT2D eigenvalue weighted by Gasteiger charge is 2.29. The van der Waals surface area contributed by atoms with Gasteiger partial charge in [-0.1, -0.05) is 6.42 Å². The number of ether oxygens (including phenoxy) is 2. The van der Waals surface area contributed by atoms with E-state index in [2.05, 4.69) is 5.32 Å². The molecule has 10 nitrogen and oxygen atoms in total.